The predicted molar refractivity (Wildman–Crippen MR) is 134 cm³/mol. The fourth-order valence-corrected chi connectivity index (χ4v) is 15.2. The maximum Gasteiger partial charge on any atom is 0.0391 e. The Kier molecular flexibility index (Phi) is 7.82. The summed E-state index contributed by atoms with van der Waals surface area (Å²) in [5, 5.41) is 2.29. The van der Waals surface area contributed by atoms with Gasteiger partial charge in [-0.25, -0.2) is 0 Å². The van der Waals surface area contributed by atoms with Crippen molar-refractivity contribution in [3.05, 3.63) is 28.1 Å². The molecule has 29 heavy (non-hydrogen) atoms. The summed E-state index contributed by atoms with van der Waals surface area (Å²) in [5.74, 6) is 0. The van der Waals surface area contributed by atoms with Crippen LogP contribution in [0.4, 0.5) is 0 Å². The molecule has 3 rings (SSSR count). The highest BCUT2D eigenvalue weighted by Gasteiger charge is 2.43. The third-order valence-electron chi connectivity index (χ3n) is 7.08. The van der Waals surface area contributed by atoms with E-state index >= 15 is 0 Å². The second kappa shape index (κ2) is 9.61. The molecule has 0 aromatic rings. The minimum Gasteiger partial charge on any atom is -0.0875 e. The molecule has 0 heterocycles. The molecule has 0 unspecified atom stereocenters. The lowest BCUT2D eigenvalue weighted by Crippen LogP contribution is -2.31. The van der Waals surface area contributed by atoms with E-state index in [0.29, 0.717) is 16.0 Å². The fourth-order valence-electron chi connectivity index (χ4n) is 6.47. The smallest absolute Gasteiger partial charge is 0.0391 e. The lowest BCUT2D eigenvalue weighted by molar-refractivity contribution is 0.486. The fraction of sp³-hybridized carbons (Fsp3) is 0.815. The minimum absolute atomic E-state index is 0.112. The van der Waals surface area contributed by atoms with Crippen LogP contribution in [0.15, 0.2) is 28.1 Å². The minimum atomic E-state index is -0.191. The zero-order valence-electron chi connectivity index (χ0n) is 20.2. The largest absolute Gasteiger partial charge is 0.0875 e. The first-order valence-electron chi connectivity index (χ1n) is 12.2. The molecule has 0 nitrogen and oxygen atoms in total. The van der Waals surface area contributed by atoms with E-state index < -0.39 is 0 Å². The van der Waals surface area contributed by atoms with Gasteiger partial charge in [0.15, 0.2) is 0 Å². The Hall–Kier alpha value is -0.0600. The van der Waals surface area contributed by atoms with Crippen molar-refractivity contribution in [1.29, 1.82) is 0 Å². The predicted octanol–water partition coefficient (Wildman–Crippen LogP) is 9.33. The van der Waals surface area contributed by atoms with Gasteiger partial charge in [0.2, 0.25) is 0 Å². The van der Waals surface area contributed by atoms with Crippen molar-refractivity contribution in [1.82, 2.24) is 0 Å². The van der Waals surface area contributed by atoms with Crippen LogP contribution in [0.1, 0.15) is 113 Å². The molecule has 3 aliphatic carbocycles. The molecule has 0 aromatic carbocycles. The highest BCUT2D eigenvalue weighted by molar-refractivity contribution is 7.64. The van der Waals surface area contributed by atoms with Crippen LogP contribution in [0.3, 0.4) is 0 Å². The van der Waals surface area contributed by atoms with Crippen molar-refractivity contribution in [2.45, 2.75) is 140 Å². The molecule has 0 spiro atoms. The Bertz CT molecular complexity index is 669. The Labute approximate surface area is 183 Å². The van der Waals surface area contributed by atoms with Gasteiger partial charge in [-0.2, -0.15) is 0 Å². The number of hydrogen-bond donors (Lipinski definition) is 0. The van der Waals surface area contributed by atoms with Gasteiger partial charge in [0.05, 0.1) is 0 Å². The maximum absolute atomic E-state index is 3.70. The van der Waals surface area contributed by atoms with E-state index in [2.05, 4.69) is 65.7 Å². The van der Waals surface area contributed by atoms with Crippen LogP contribution in [0.2, 0.25) is 0 Å². The van der Waals surface area contributed by atoms with Gasteiger partial charge >= 0.3 is 0 Å². The maximum atomic E-state index is 3.70. The van der Waals surface area contributed by atoms with E-state index in [-0.39, 0.29) is 15.8 Å². The molecule has 0 aromatic heterocycles. The lowest BCUT2D eigenvalue weighted by atomic mass is 9.99. The zero-order chi connectivity index (χ0) is 21.2. The van der Waals surface area contributed by atoms with Crippen LogP contribution in [0.25, 0.3) is 0 Å². The van der Waals surface area contributed by atoms with Gasteiger partial charge in [-0.15, -0.1) is 0 Å². The molecule has 2 fully saturated rings. The van der Waals surface area contributed by atoms with E-state index in [1.54, 1.807) is 5.31 Å². The second-order valence-corrected chi connectivity index (χ2v) is 18.4. The van der Waals surface area contributed by atoms with Crippen LogP contribution < -0.4 is 0 Å². The van der Waals surface area contributed by atoms with Gasteiger partial charge in [0.1, 0.15) is 0 Å². The third kappa shape index (κ3) is 5.60. The van der Waals surface area contributed by atoms with Gasteiger partial charge < -0.3 is 0 Å². The van der Waals surface area contributed by atoms with Crippen molar-refractivity contribution in [2.24, 2.45) is 0 Å². The topological polar surface area (TPSA) is 0 Å². The second-order valence-electron chi connectivity index (χ2n) is 11.5. The van der Waals surface area contributed by atoms with Gasteiger partial charge in [-0.05, 0) is 53.0 Å². The van der Waals surface area contributed by atoms with Crippen molar-refractivity contribution < 1.29 is 0 Å². The molecule has 2 saturated carbocycles. The summed E-state index contributed by atoms with van der Waals surface area (Å²) in [5.41, 5.74) is 14.7. The van der Waals surface area contributed by atoms with Crippen LogP contribution in [0.5, 0.6) is 0 Å². The number of rotatable bonds is 5. The Morgan fingerprint density at radius 2 is 1.17 bits per heavy atom. The lowest BCUT2D eigenvalue weighted by Gasteiger charge is -2.47. The highest BCUT2D eigenvalue weighted by atomic mass is 31.1. The molecule has 0 radical (unpaired) electrons. The van der Waals surface area contributed by atoms with Crippen molar-refractivity contribution in [3.8, 4) is 0 Å². The molecular weight excluding hydrogens is 386 g/mol. The Morgan fingerprint density at radius 1 is 0.724 bits per heavy atom. The number of allylic oxidation sites excluding steroid dienone is 2. The normalized spacial score (nSPS) is 23.1. The average molecular weight is 431 g/mol. The van der Waals surface area contributed by atoms with Crippen LogP contribution in [-0.4, -0.2) is 27.3 Å². The summed E-state index contributed by atoms with van der Waals surface area (Å²) in [7, 11) is -0.304. The molecule has 162 valence electrons. The summed E-state index contributed by atoms with van der Waals surface area (Å²) in [6.07, 6.45) is 14.6. The molecule has 2 heteroatoms. The van der Waals surface area contributed by atoms with Crippen molar-refractivity contribution >= 4 is 15.8 Å². The molecule has 0 aliphatic heterocycles. The molecule has 0 amide bonds. The van der Waals surface area contributed by atoms with Gasteiger partial charge in [0, 0.05) is 16.5 Å². The van der Waals surface area contributed by atoms with Crippen LogP contribution >= 0.6 is 15.8 Å². The van der Waals surface area contributed by atoms with Crippen molar-refractivity contribution in [3.63, 3.8) is 0 Å². The Morgan fingerprint density at radius 3 is 1.59 bits per heavy atom. The van der Waals surface area contributed by atoms with E-state index in [9.17, 15) is 0 Å². The first kappa shape index (κ1) is 23.6. The van der Waals surface area contributed by atoms with Crippen LogP contribution in [0, 0.1) is 0 Å². The zero-order valence-corrected chi connectivity index (χ0v) is 22.0. The van der Waals surface area contributed by atoms with Gasteiger partial charge in [-0.3, -0.25) is 0 Å². The third-order valence-corrected chi connectivity index (χ3v) is 14.5. The monoisotopic (exact) mass is 430 g/mol. The van der Waals surface area contributed by atoms with Gasteiger partial charge in [-0.1, -0.05) is 114 Å². The molecule has 0 saturated heterocycles. The summed E-state index contributed by atoms with van der Waals surface area (Å²) in [6, 6.07) is 0. The first-order chi connectivity index (χ1) is 13.6. The average Bonchev–Trinajstić information content (AvgIpc) is 3.11. The van der Waals surface area contributed by atoms with Crippen LogP contribution in [-0.2, 0) is 0 Å². The molecular formula is C27H44P2. The van der Waals surface area contributed by atoms with Crippen molar-refractivity contribution in [2.75, 3.05) is 0 Å². The van der Waals surface area contributed by atoms with E-state index in [4.69, 9.17) is 0 Å². The first-order valence-corrected chi connectivity index (χ1v) is 15.1. The van der Waals surface area contributed by atoms with E-state index in [1.807, 2.05) is 0 Å². The summed E-state index contributed by atoms with van der Waals surface area (Å²) in [6.45, 7) is 17.3. The van der Waals surface area contributed by atoms with E-state index in [0.717, 1.165) is 11.3 Å². The molecule has 1 atom stereocenters. The Balaban J connectivity index is 1.92. The highest BCUT2D eigenvalue weighted by Crippen LogP contribution is 2.68. The summed E-state index contributed by atoms with van der Waals surface area (Å²) in [4.78, 5) is 0. The van der Waals surface area contributed by atoms with Gasteiger partial charge in [0.25, 0.3) is 0 Å². The molecule has 0 bridgehead atoms. The van der Waals surface area contributed by atoms with E-state index in [1.165, 1.54) is 69.8 Å². The standard InChI is InChI=1S/C27H44P2/c1-21(29(26(2,3)4)27(5,6)7)24-19-14-20-25(24)28(22-15-10-8-11-16-22)23-17-12-9-13-18-23/h21-23H,8-13,15-18H2,1-7H3/t21-/m1/s1. The molecule has 3 aliphatic rings. The molecule has 0 N–H and O–H groups in total. The summed E-state index contributed by atoms with van der Waals surface area (Å²) < 4.78 is 0. The summed E-state index contributed by atoms with van der Waals surface area (Å²) >= 11 is 0. The quantitative estimate of drug-likeness (QED) is 0.301. The number of hydrogen-bond acceptors (Lipinski definition) is 0. The SMILES string of the molecule is C[C@H](C1=C=C=C=C1P(C1CCCCC1)C1CCCCC1)P(C(C)(C)C)C(C)(C)C.